The maximum Gasteiger partial charge on any atom is 0.241 e. The van der Waals surface area contributed by atoms with Crippen LogP contribution in [0.1, 0.15) is 0 Å². The Morgan fingerprint density at radius 3 is 2.24 bits per heavy atom. The second-order valence-corrected chi connectivity index (χ2v) is 6.37. The van der Waals surface area contributed by atoms with Crippen LogP contribution in [0.25, 0.3) is 27.6 Å². The molecule has 0 amide bonds. The molecule has 0 aliphatic rings. The molecule has 1 aromatic heterocycles. The van der Waals surface area contributed by atoms with Crippen molar-refractivity contribution in [2.45, 2.75) is 0 Å². The van der Waals surface area contributed by atoms with Crippen LogP contribution in [0.2, 0.25) is 10.0 Å². The SMILES string of the molecule is Nc1nc(N)n(-c2cc(Cl)c(-c3cccc4ccccc34)c(Cl)c2)n1. The first-order chi connectivity index (χ1) is 12.0. The van der Waals surface area contributed by atoms with Gasteiger partial charge in [-0.1, -0.05) is 65.7 Å². The van der Waals surface area contributed by atoms with Crippen LogP contribution in [0, 0.1) is 0 Å². The Kier molecular flexibility index (Phi) is 3.75. The predicted octanol–water partition coefficient (Wildman–Crippen LogP) is 4.56. The summed E-state index contributed by atoms with van der Waals surface area (Å²) in [4.78, 5) is 3.89. The number of hydrogen-bond acceptors (Lipinski definition) is 4. The van der Waals surface area contributed by atoms with Crippen LogP contribution < -0.4 is 11.5 Å². The van der Waals surface area contributed by atoms with Gasteiger partial charge in [-0.15, -0.1) is 5.10 Å². The third-order valence-electron chi connectivity index (χ3n) is 3.98. The third-order valence-corrected chi connectivity index (χ3v) is 4.58. The van der Waals surface area contributed by atoms with Crippen molar-refractivity contribution in [2.24, 2.45) is 0 Å². The third kappa shape index (κ3) is 2.67. The van der Waals surface area contributed by atoms with E-state index < -0.39 is 0 Å². The van der Waals surface area contributed by atoms with Crippen molar-refractivity contribution < 1.29 is 0 Å². The molecule has 0 radical (unpaired) electrons. The fraction of sp³-hybridized carbons (Fsp3) is 0. The summed E-state index contributed by atoms with van der Waals surface area (Å²) in [5, 5.41) is 7.23. The molecule has 25 heavy (non-hydrogen) atoms. The number of aromatic nitrogens is 3. The van der Waals surface area contributed by atoms with Gasteiger partial charge in [-0.25, -0.2) is 0 Å². The summed E-state index contributed by atoms with van der Waals surface area (Å²) in [7, 11) is 0. The Morgan fingerprint density at radius 1 is 0.880 bits per heavy atom. The van der Waals surface area contributed by atoms with E-state index in [0.717, 1.165) is 21.9 Å². The highest BCUT2D eigenvalue weighted by molar-refractivity contribution is 6.40. The molecule has 5 nitrogen and oxygen atoms in total. The molecular weight excluding hydrogens is 357 g/mol. The normalized spacial score (nSPS) is 11.1. The molecule has 1 heterocycles. The molecule has 0 aliphatic carbocycles. The lowest BCUT2D eigenvalue weighted by Crippen LogP contribution is -2.03. The van der Waals surface area contributed by atoms with E-state index in [2.05, 4.69) is 10.1 Å². The maximum absolute atomic E-state index is 6.56. The second-order valence-electron chi connectivity index (χ2n) is 5.55. The lowest BCUT2D eigenvalue weighted by Gasteiger charge is -2.13. The fourth-order valence-corrected chi connectivity index (χ4v) is 3.59. The maximum atomic E-state index is 6.56. The number of nitrogens with zero attached hydrogens (tertiary/aromatic N) is 3. The summed E-state index contributed by atoms with van der Waals surface area (Å²) < 4.78 is 1.40. The number of hydrogen-bond donors (Lipinski definition) is 2. The first-order valence-corrected chi connectivity index (χ1v) is 8.26. The molecule has 3 aromatic carbocycles. The Bertz CT molecular complexity index is 1080. The molecule has 0 spiro atoms. The molecule has 7 heteroatoms. The molecule has 4 rings (SSSR count). The number of nitrogens with two attached hydrogens (primary N) is 2. The van der Waals surface area contributed by atoms with E-state index in [4.69, 9.17) is 34.7 Å². The van der Waals surface area contributed by atoms with Crippen LogP contribution in [-0.2, 0) is 0 Å². The smallest absolute Gasteiger partial charge is 0.241 e. The molecule has 4 N–H and O–H groups in total. The summed E-state index contributed by atoms with van der Waals surface area (Å²) in [5.74, 6) is 0.255. The molecular formula is C18H13Cl2N5. The van der Waals surface area contributed by atoms with Gasteiger partial charge in [0, 0.05) is 5.56 Å². The second kappa shape index (κ2) is 5.95. The Labute approximate surface area is 153 Å². The van der Waals surface area contributed by atoms with Crippen molar-refractivity contribution in [3.63, 3.8) is 0 Å². The van der Waals surface area contributed by atoms with E-state index in [-0.39, 0.29) is 11.9 Å². The van der Waals surface area contributed by atoms with E-state index in [0.29, 0.717) is 15.7 Å². The standard InChI is InChI=1S/C18H13Cl2N5/c19-14-8-11(25-18(22)23-17(21)24-25)9-15(20)16(14)13-7-3-5-10-4-1-2-6-12(10)13/h1-9H,(H4,21,22,23,24). The van der Waals surface area contributed by atoms with Crippen LogP contribution in [0.4, 0.5) is 11.9 Å². The number of anilines is 2. The molecule has 0 aliphatic heterocycles. The van der Waals surface area contributed by atoms with E-state index in [1.165, 1.54) is 4.68 Å². The van der Waals surface area contributed by atoms with Crippen LogP contribution in [0.15, 0.2) is 54.6 Å². The van der Waals surface area contributed by atoms with Gasteiger partial charge in [0.2, 0.25) is 11.9 Å². The van der Waals surface area contributed by atoms with Gasteiger partial charge < -0.3 is 11.5 Å². The van der Waals surface area contributed by atoms with E-state index in [1.807, 2.05) is 42.5 Å². The lowest BCUT2D eigenvalue weighted by molar-refractivity contribution is 0.896. The van der Waals surface area contributed by atoms with Gasteiger partial charge in [-0.2, -0.15) is 9.67 Å². The molecule has 0 saturated heterocycles. The minimum Gasteiger partial charge on any atom is -0.368 e. The quantitative estimate of drug-likeness (QED) is 0.542. The summed E-state index contributed by atoms with van der Waals surface area (Å²) in [6.07, 6.45) is 0. The summed E-state index contributed by atoms with van der Waals surface area (Å²) in [6, 6.07) is 17.6. The Hall–Kier alpha value is -2.76. The molecule has 0 atom stereocenters. The Balaban J connectivity index is 1.93. The largest absolute Gasteiger partial charge is 0.368 e. The highest BCUT2D eigenvalue weighted by Gasteiger charge is 2.16. The van der Waals surface area contributed by atoms with E-state index in [9.17, 15) is 0 Å². The van der Waals surface area contributed by atoms with Crippen LogP contribution >= 0.6 is 23.2 Å². The van der Waals surface area contributed by atoms with Crippen LogP contribution in [-0.4, -0.2) is 14.8 Å². The number of benzene rings is 3. The highest BCUT2D eigenvalue weighted by atomic mass is 35.5. The zero-order chi connectivity index (χ0) is 17.6. The van der Waals surface area contributed by atoms with Gasteiger partial charge in [0.05, 0.1) is 15.7 Å². The first-order valence-electron chi connectivity index (χ1n) is 7.50. The van der Waals surface area contributed by atoms with E-state index in [1.54, 1.807) is 12.1 Å². The lowest BCUT2D eigenvalue weighted by atomic mass is 9.98. The Morgan fingerprint density at radius 2 is 1.56 bits per heavy atom. The average Bonchev–Trinajstić information content (AvgIpc) is 2.93. The molecule has 124 valence electrons. The molecule has 0 fully saturated rings. The zero-order valence-electron chi connectivity index (χ0n) is 12.9. The number of rotatable bonds is 2. The summed E-state index contributed by atoms with van der Waals surface area (Å²) in [6.45, 7) is 0. The predicted molar refractivity (Wildman–Crippen MR) is 103 cm³/mol. The van der Waals surface area contributed by atoms with Crippen molar-refractivity contribution in [1.29, 1.82) is 0 Å². The van der Waals surface area contributed by atoms with Gasteiger partial charge in [0.1, 0.15) is 0 Å². The minimum atomic E-state index is 0.0860. The highest BCUT2D eigenvalue weighted by Crippen LogP contribution is 2.40. The fourth-order valence-electron chi connectivity index (χ4n) is 2.91. The van der Waals surface area contributed by atoms with Gasteiger partial charge in [-0.3, -0.25) is 0 Å². The summed E-state index contributed by atoms with van der Waals surface area (Å²) in [5.41, 5.74) is 13.7. The first kappa shape index (κ1) is 15.7. The van der Waals surface area contributed by atoms with Gasteiger partial charge in [0.15, 0.2) is 0 Å². The van der Waals surface area contributed by atoms with Crippen LogP contribution in [0.5, 0.6) is 0 Å². The van der Waals surface area contributed by atoms with Crippen LogP contribution in [0.3, 0.4) is 0 Å². The molecule has 4 aromatic rings. The molecule has 0 bridgehead atoms. The van der Waals surface area contributed by atoms with Gasteiger partial charge in [0.25, 0.3) is 0 Å². The molecule has 0 unspecified atom stereocenters. The van der Waals surface area contributed by atoms with Gasteiger partial charge in [-0.05, 0) is 28.5 Å². The minimum absolute atomic E-state index is 0.0860. The van der Waals surface area contributed by atoms with E-state index >= 15 is 0 Å². The van der Waals surface area contributed by atoms with Crippen molar-refractivity contribution in [1.82, 2.24) is 14.8 Å². The average molecular weight is 370 g/mol. The summed E-state index contributed by atoms with van der Waals surface area (Å²) >= 11 is 13.1. The number of nitrogen functional groups attached to an aromatic ring is 2. The van der Waals surface area contributed by atoms with Crippen molar-refractivity contribution >= 4 is 45.9 Å². The number of fused-ring (bicyclic) bond motifs is 1. The van der Waals surface area contributed by atoms with Crippen molar-refractivity contribution in [2.75, 3.05) is 11.5 Å². The monoisotopic (exact) mass is 369 g/mol. The zero-order valence-corrected chi connectivity index (χ0v) is 14.5. The van der Waals surface area contributed by atoms with Gasteiger partial charge >= 0.3 is 0 Å². The molecule has 0 saturated carbocycles. The topological polar surface area (TPSA) is 82.7 Å². The number of halogens is 2. The van der Waals surface area contributed by atoms with Crippen molar-refractivity contribution in [3.8, 4) is 16.8 Å². The van der Waals surface area contributed by atoms with Crippen molar-refractivity contribution in [3.05, 3.63) is 64.6 Å².